The molecule has 0 atom stereocenters. The maximum Gasteiger partial charge on any atom is 0.189 e. The van der Waals surface area contributed by atoms with Gasteiger partial charge >= 0.3 is 0 Å². The number of hydrogen-bond donors (Lipinski definition) is 1. The number of nitrogens with one attached hydrogen (secondary N) is 1. The summed E-state index contributed by atoms with van der Waals surface area (Å²) >= 11 is 1.50. The zero-order valence-electron chi connectivity index (χ0n) is 10.9. The highest BCUT2D eigenvalue weighted by molar-refractivity contribution is 7.98. The predicted octanol–water partition coefficient (Wildman–Crippen LogP) is 2.75. The first-order valence-corrected chi connectivity index (χ1v) is 7.39. The van der Waals surface area contributed by atoms with Crippen LogP contribution < -0.4 is 5.32 Å². The van der Waals surface area contributed by atoms with Gasteiger partial charge in [0.2, 0.25) is 0 Å². The van der Waals surface area contributed by atoms with Crippen molar-refractivity contribution in [3.63, 3.8) is 0 Å². The molecule has 5 nitrogen and oxygen atoms in total. The number of rotatable bonds is 4. The molecule has 3 rings (SSSR count). The Labute approximate surface area is 120 Å². The monoisotopic (exact) mass is 283 g/mol. The molecule has 0 aliphatic carbocycles. The highest BCUT2D eigenvalue weighted by atomic mass is 32.2. The molecule has 0 amide bonds. The van der Waals surface area contributed by atoms with Crippen LogP contribution >= 0.6 is 11.8 Å². The lowest BCUT2D eigenvalue weighted by Crippen LogP contribution is -2.03. The molecule has 0 spiro atoms. The highest BCUT2D eigenvalue weighted by Gasteiger charge is 2.06. The third-order valence-electron chi connectivity index (χ3n) is 2.85. The van der Waals surface area contributed by atoms with Gasteiger partial charge in [-0.05, 0) is 11.8 Å². The minimum Gasteiger partial charge on any atom is -0.365 e. The standard InChI is InChI=1S/C14H13N5S/c1-20-14-16-8-11-12(17-9-18-13(11)19-14)15-7-10-5-3-2-4-6-10/h2-6,8-9H,7H2,1H3,(H,15,16,17,18,19). The van der Waals surface area contributed by atoms with Crippen LogP contribution in [0, 0.1) is 0 Å². The van der Waals surface area contributed by atoms with E-state index in [4.69, 9.17) is 0 Å². The molecule has 1 N–H and O–H groups in total. The van der Waals surface area contributed by atoms with Crippen molar-refractivity contribution >= 4 is 28.6 Å². The maximum atomic E-state index is 4.37. The molecule has 20 heavy (non-hydrogen) atoms. The SMILES string of the molecule is CSc1ncc2c(NCc3ccccc3)ncnc2n1. The molecule has 6 heteroatoms. The number of benzene rings is 1. The fraction of sp³-hybridized carbons (Fsp3) is 0.143. The fourth-order valence-electron chi connectivity index (χ4n) is 1.85. The van der Waals surface area contributed by atoms with E-state index < -0.39 is 0 Å². The first kappa shape index (κ1) is 12.8. The summed E-state index contributed by atoms with van der Waals surface area (Å²) in [6, 6.07) is 10.2. The van der Waals surface area contributed by atoms with Crippen molar-refractivity contribution in [2.24, 2.45) is 0 Å². The smallest absolute Gasteiger partial charge is 0.189 e. The van der Waals surface area contributed by atoms with Crippen LogP contribution in [0.2, 0.25) is 0 Å². The molecule has 100 valence electrons. The summed E-state index contributed by atoms with van der Waals surface area (Å²) in [6.45, 7) is 0.706. The number of nitrogens with zero attached hydrogens (tertiary/aromatic N) is 4. The van der Waals surface area contributed by atoms with Gasteiger partial charge in [-0.25, -0.2) is 19.9 Å². The van der Waals surface area contributed by atoms with Gasteiger partial charge in [0, 0.05) is 12.7 Å². The number of aromatic nitrogens is 4. The van der Waals surface area contributed by atoms with E-state index in [2.05, 4.69) is 37.4 Å². The number of thioether (sulfide) groups is 1. The van der Waals surface area contributed by atoms with Crippen LogP contribution in [0.5, 0.6) is 0 Å². The van der Waals surface area contributed by atoms with Gasteiger partial charge in [-0.3, -0.25) is 0 Å². The van der Waals surface area contributed by atoms with Crippen LogP contribution in [-0.4, -0.2) is 26.2 Å². The minimum absolute atomic E-state index is 0.662. The van der Waals surface area contributed by atoms with Gasteiger partial charge in [0.15, 0.2) is 10.8 Å². The lowest BCUT2D eigenvalue weighted by Gasteiger charge is -2.08. The fourth-order valence-corrected chi connectivity index (χ4v) is 2.19. The van der Waals surface area contributed by atoms with Crippen molar-refractivity contribution in [1.29, 1.82) is 0 Å². The van der Waals surface area contributed by atoms with Crippen molar-refractivity contribution in [3.05, 3.63) is 48.4 Å². The summed E-state index contributed by atoms with van der Waals surface area (Å²) in [5.74, 6) is 0.756. The first-order valence-electron chi connectivity index (χ1n) is 6.16. The number of fused-ring (bicyclic) bond motifs is 1. The van der Waals surface area contributed by atoms with Crippen molar-refractivity contribution in [1.82, 2.24) is 19.9 Å². The molecular weight excluding hydrogens is 270 g/mol. The van der Waals surface area contributed by atoms with Gasteiger partial charge < -0.3 is 5.32 Å². The van der Waals surface area contributed by atoms with E-state index in [1.54, 1.807) is 6.20 Å². The Morgan fingerprint density at radius 1 is 1.10 bits per heavy atom. The molecule has 1 aromatic carbocycles. The zero-order chi connectivity index (χ0) is 13.8. The lowest BCUT2D eigenvalue weighted by atomic mass is 10.2. The summed E-state index contributed by atoms with van der Waals surface area (Å²) in [5, 5.41) is 4.85. The largest absolute Gasteiger partial charge is 0.365 e. The molecule has 0 bridgehead atoms. The topological polar surface area (TPSA) is 63.6 Å². The van der Waals surface area contributed by atoms with Crippen molar-refractivity contribution in [3.8, 4) is 0 Å². The second-order valence-corrected chi connectivity index (χ2v) is 4.93. The Morgan fingerprint density at radius 3 is 2.75 bits per heavy atom. The number of hydrogen-bond acceptors (Lipinski definition) is 6. The molecule has 0 saturated carbocycles. The van der Waals surface area contributed by atoms with Gasteiger partial charge in [-0.15, -0.1) is 0 Å². The van der Waals surface area contributed by atoms with E-state index in [1.165, 1.54) is 23.7 Å². The normalized spacial score (nSPS) is 10.7. The third kappa shape index (κ3) is 2.70. The number of anilines is 1. The van der Waals surface area contributed by atoms with Crippen LogP contribution in [-0.2, 0) is 6.54 Å². The minimum atomic E-state index is 0.662. The quantitative estimate of drug-likeness (QED) is 0.587. The van der Waals surface area contributed by atoms with E-state index in [0.717, 1.165) is 11.2 Å². The van der Waals surface area contributed by atoms with Gasteiger partial charge in [0.25, 0.3) is 0 Å². The second-order valence-electron chi connectivity index (χ2n) is 4.16. The summed E-state index contributed by atoms with van der Waals surface area (Å²) in [4.78, 5) is 17.1. The van der Waals surface area contributed by atoms with Crippen LogP contribution in [0.3, 0.4) is 0 Å². The molecule has 0 radical (unpaired) electrons. The van der Waals surface area contributed by atoms with Gasteiger partial charge in [0.05, 0.1) is 5.39 Å². The molecule has 0 aliphatic heterocycles. The average Bonchev–Trinajstić information content (AvgIpc) is 2.53. The Hall–Kier alpha value is -2.21. The molecule has 3 aromatic rings. The van der Waals surface area contributed by atoms with Crippen LogP contribution in [0.25, 0.3) is 11.0 Å². The average molecular weight is 283 g/mol. The van der Waals surface area contributed by atoms with Crippen LogP contribution in [0.4, 0.5) is 5.82 Å². The molecule has 0 unspecified atom stereocenters. The Balaban J connectivity index is 1.88. The Bertz CT molecular complexity index is 717. The Morgan fingerprint density at radius 2 is 1.95 bits per heavy atom. The lowest BCUT2D eigenvalue weighted by molar-refractivity contribution is 0.980. The molecule has 2 heterocycles. The second kappa shape index (κ2) is 5.83. The van der Waals surface area contributed by atoms with Crippen molar-refractivity contribution in [2.75, 3.05) is 11.6 Å². The van der Waals surface area contributed by atoms with E-state index >= 15 is 0 Å². The predicted molar refractivity (Wildman–Crippen MR) is 80.7 cm³/mol. The van der Waals surface area contributed by atoms with Gasteiger partial charge in [-0.1, -0.05) is 42.1 Å². The zero-order valence-corrected chi connectivity index (χ0v) is 11.8. The third-order valence-corrected chi connectivity index (χ3v) is 3.42. The van der Waals surface area contributed by atoms with Crippen molar-refractivity contribution in [2.45, 2.75) is 11.7 Å². The molecule has 2 aromatic heterocycles. The molecule has 0 aliphatic rings. The highest BCUT2D eigenvalue weighted by Crippen LogP contribution is 2.19. The van der Waals surface area contributed by atoms with E-state index in [1.807, 2.05) is 24.5 Å². The van der Waals surface area contributed by atoms with E-state index in [-0.39, 0.29) is 0 Å². The summed E-state index contributed by atoms with van der Waals surface area (Å²) in [6.07, 6.45) is 5.23. The van der Waals surface area contributed by atoms with E-state index in [0.29, 0.717) is 17.3 Å². The Kier molecular flexibility index (Phi) is 3.73. The summed E-state index contributed by atoms with van der Waals surface area (Å²) < 4.78 is 0. The van der Waals surface area contributed by atoms with Gasteiger partial charge in [-0.2, -0.15) is 0 Å². The van der Waals surface area contributed by atoms with E-state index in [9.17, 15) is 0 Å². The molecule has 0 fully saturated rings. The maximum absolute atomic E-state index is 4.37. The summed E-state index contributed by atoms with van der Waals surface area (Å²) in [5.41, 5.74) is 1.86. The summed E-state index contributed by atoms with van der Waals surface area (Å²) in [7, 11) is 0. The molecular formula is C14H13N5S. The first-order chi connectivity index (χ1) is 9.86. The van der Waals surface area contributed by atoms with Crippen LogP contribution in [0.1, 0.15) is 5.56 Å². The van der Waals surface area contributed by atoms with Crippen molar-refractivity contribution < 1.29 is 0 Å². The van der Waals surface area contributed by atoms with Gasteiger partial charge in [0.1, 0.15) is 12.1 Å². The van der Waals surface area contributed by atoms with Crippen LogP contribution in [0.15, 0.2) is 48.0 Å². The molecule has 0 saturated heterocycles.